The fourth-order valence-electron chi connectivity index (χ4n) is 1.16. The van der Waals surface area contributed by atoms with Crippen LogP contribution >= 0.6 is 8.46 Å². The van der Waals surface area contributed by atoms with Crippen molar-refractivity contribution in [2.45, 2.75) is 31.6 Å². The van der Waals surface area contributed by atoms with E-state index in [2.05, 4.69) is 6.58 Å². The standard InChI is InChI=1S/C8H17N2OP/c1-3-5-7(6-4-2)8(9,10)12-11/h3,7H,1,4-6,9-10H2,2H3. The maximum Gasteiger partial charge on any atom is 0.194 e. The van der Waals surface area contributed by atoms with Crippen molar-refractivity contribution >= 4 is 8.46 Å². The van der Waals surface area contributed by atoms with Crippen LogP contribution in [0.1, 0.15) is 26.2 Å². The smallest absolute Gasteiger partial charge is 0.194 e. The Kier molecular flexibility index (Phi) is 5.31. The Labute approximate surface area is 75.4 Å². The molecule has 0 saturated heterocycles. The van der Waals surface area contributed by atoms with Crippen molar-refractivity contribution in [1.29, 1.82) is 0 Å². The average molecular weight is 188 g/mol. The largest absolute Gasteiger partial charge is 0.303 e. The molecule has 12 heavy (non-hydrogen) atoms. The van der Waals surface area contributed by atoms with Gasteiger partial charge in [-0.25, -0.2) is 0 Å². The molecule has 0 aliphatic carbocycles. The lowest BCUT2D eigenvalue weighted by Gasteiger charge is -2.26. The fraction of sp³-hybridized carbons (Fsp3) is 0.750. The predicted octanol–water partition coefficient (Wildman–Crippen LogP) is 1.84. The zero-order valence-electron chi connectivity index (χ0n) is 7.49. The molecule has 3 nitrogen and oxygen atoms in total. The minimum Gasteiger partial charge on any atom is -0.303 e. The van der Waals surface area contributed by atoms with Gasteiger partial charge in [-0.05, 0) is 12.8 Å². The highest BCUT2D eigenvalue weighted by Crippen LogP contribution is 2.27. The molecule has 1 atom stereocenters. The summed E-state index contributed by atoms with van der Waals surface area (Å²) in [5.74, 6) is 0.0548. The molecular weight excluding hydrogens is 171 g/mol. The first-order valence-electron chi connectivity index (χ1n) is 4.11. The van der Waals surface area contributed by atoms with E-state index < -0.39 is 5.40 Å². The second-order valence-corrected chi connectivity index (χ2v) is 3.95. The monoisotopic (exact) mass is 188 g/mol. The van der Waals surface area contributed by atoms with Crippen molar-refractivity contribution in [3.8, 4) is 0 Å². The third kappa shape index (κ3) is 3.44. The van der Waals surface area contributed by atoms with E-state index in [0.717, 1.165) is 19.3 Å². The van der Waals surface area contributed by atoms with Crippen LogP contribution in [0.25, 0.3) is 0 Å². The molecule has 0 saturated carbocycles. The van der Waals surface area contributed by atoms with Crippen LogP contribution < -0.4 is 11.5 Å². The Morgan fingerprint density at radius 3 is 2.58 bits per heavy atom. The van der Waals surface area contributed by atoms with Crippen LogP contribution in [0, 0.1) is 5.92 Å². The van der Waals surface area contributed by atoms with Crippen molar-refractivity contribution in [3.63, 3.8) is 0 Å². The zero-order chi connectivity index (χ0) is 9.61. The molecule has 0 aliphatic rings. The van der Waals surface area contributed by atoms with Crippen LogP contribution in [0.15, 0.2) is 12.7 Å². The molecule has 0 aliphatic heterocycles. The summed E-state index contributed by atoms with van der Waals surface area (Å²) >= 11 is 0. The first kappa shape index (κ1) is 11.8. The maximum atomic E-state index is 10.6. The van der Waals surface area contributed by atoms with Crippen LogP contribution in [0.3, 0.4) is 0 Å². The Morgan fingerprint density at radius 1 is 1.67 bits per heavy atom. The second kappa shape index (κ2) is 5.41. The normalized spacial score (nSPS) is 14.6. The molecule has 0 radical (unpaired) electrons. The first-order chi connectivity index (χ1) is 5.58. The van der Waals surface area contributed by atoms with Gasteiger partial charge in [0.05, 0.1) is 0 Å². The molecule has 0 fully saturated rings. The van der Waals surface area contributed by atoms with Crippen LogP contribution in [0.5, 0.6) is 0 Å². The number of hydrogen-bond acceptors (Lipinski definition) is 3. The summed E-state index contributed by atoms with van der Waals surface area (Å²) in [6, 6.07) is 0. The van der Waals surface area contributed by atoms with E-state index in [1.165, 1.54) is 0 Å². The molecular formula is C8H17N2OP. The van der Waals surface area contributed by atoms with Crippen molar-refractivity contribution in [3.05, 3.63) is 12.7 Å². The molecule has 0 aromatic carbocycles. The molecule has 0 bridgehead atoms. The lowest BCUT2D eigenvalue weighted by atomic mass is 9.97. The second-order valence-electron chi connectivity index (χ2n) is 2.99. The molecule has 4 N–H and O–H groups in total. The van der Waals surface area contributed by atoms with Crippen LogP contribution in [-0.2, 0) is 4.57 Å². The predicted molar refractivity (Wildman–Crippen MR) is 51.9 cm³/mol. The first-order valence-corrected chi connectivity index (χ1v) is 4.92. The molecule has 0 aromatic heterocycles. The molecule has 0 amide bonds. The molecule has 1 unspecified atom stereocenters. The van der Waals surface area contributed by atoms with E-state index in [0.29, 0.717) is 0 Å². The lowest BCUT2D eigenvalue weighted by Crippen LogP contribution is -2.50. The topological polar surface area (TPSA) is 69.1 Å². The molecule has 0 spiro atoms. The summed E-state index contributed by atoms with van der Waals surface area (Å²) in [6.07, 6.45) is 4.36. The lowest BCUT2D eigenvalue weighted by molar-refractivity contribution is 0.356. The average Bonchev–Trinajstić information content (AvgIpc) is 2.04. The molecule has 4 heteroatoms. The van der Waals surface area contributed by atoms with Gasteiger partial charge in [-0.1, -0.05) is 19.4 Å². The molecule has 0 aromatic rings. The number of hydrogen-bond donors (Lipinski definition) is 2. The Morgan fingerprint density at radius 2 is 2.25 bits per heavy atom. The van der Waals surface area contributed by atoms with Gasteiger partial charge >= 0.3 is 0 Å². The minimum absolute atomic E-state index is 0.0548. The molecule has 0 heterocycles. The molecule has 0 rings (SSSR count). The van der Waals surface area contributed by atoms with Gasteiger partial charge in [-0.15, -0.1) is 6.58 Å². The van der Waals surface area contributed by atoms with Crippen LogP contribution in [-0.4, -0.2) is 5.40 Å². The number of nitrogens with two attached hydrogens (primary N) is 2. The summed E-state index contributed by atoms with van der Waals surface area (Å²) in [7, 11) is -0.192. The molecule has 70 valence electrons. The summed E-state index contributed by atoms with van der Waals surface area (Å²) < 4.78 is 10.6. The van der Waals surface area contributed by atoms with Gasteiger partial charge < -0.3 is 11.5 Å². The summed E-state index contributed by atoms with van der Waals surface area (Å²) in [5.41, 5.74) is 11.3. The highest BCUT2D eigenvalue weighted by atomic mass is 31.1. The highest BCUT2D eigenvalue weighted by Gasteiger charge is 2.29. The maximum absolute atomic E-state index is 10.6. The third-order valence-electron chi connectivity index (χ3n) is 1.90. The third-order valence-corrected chi connectivity index (χ3v) is 2.58. The Balaban J connectivity index is 4.25. The summed E-state index contributed by atoms with van der Waals surface area (Å²) in [4.78, 5) is 0. The number of allylic oxidation sites excluding steroid dienone is 1. The quantitative estimate of drug-likeness (QED) is 0.379. The van der Waals surface area contributed by atoms with Gasteiger partial charge in [0.1, 0.15) is 5.40 Å². The van der Waals surface area contributed by atoms with Crippen molar-refractivity contribution in [2.24, 2.45) is 17.4 Å². The van der Waals surface area contributed by atoms with Gasteiger partial charge in [-0.2, -0.15) is 0 Å². The van der Waals surface area contributed by atoms with Crippen LogP contribution in [0.4, 0.5) is 0 Å². The zero-order valence-corrected chi connectivity index (χ0v) is 8.39. The SMILES string of the molecule is C=CCC(CCC)C(N)(N)P=O. The van der Waals surface area contributed by atoms with E-state index >= 15 is 0 Å². The Hall–Kier alpha value is -0.240. The van der Waals surface area contributed by atoms with Crippen molar-refractivity contribution in [1.82, 2.24) is 0 Å². The van der Waals surface area contributed by atoms with E-state index in [-0.39, 0.29) is 14.4 Å². The fourth-order valence-corrected chi connectivity index (χ4v) is 1.55. The Bertz CT molecular complexity index is 159. The van der Waals surface area contributed by atoms with E-state index in [1.54, 1.807) is 6.08 Å². The van der Waals surface area contributed by atoms with E-state index in [9.17, 15) is 4.57 Å². The van der Waals surface area contributed by atoms with Gasteiger partial charge in [0.15, 0.2) is 8.46 Å². The van der Waals surface area contributed by atoms with E-state index in [1.807, 2.05) is 6.92 Å². The van der Waals surface area contributed by atoms with Gasteiger partial charge in [-0.3, -0.25) is 4.57 Å². The number of rotatable bonds is 6. The van der Waals surface area contributed by atoms with Gasteiger partial charge in [0, 0.05) is 5.92 Å². The minimum atomic E-state index is -1.09. The van der Waals surface area contributed by atoms with E-state index in [4.69, 9.17) is 11.5 Å². The van der Waals surface area contributed by atoms with Crippen molar-refractivity contribution < 1.29 is 4.57 Å². The van der Waals surface area contributed by atoms with Gasteiger partial charge in [0.25, 0.3) is 0 Å². The van der Waals surface area contributed by atoms with Gasteiger partial charge in [0.2, 0.25) is 0 Å². The summed E-state index contributed by atoms with van der Waals surface area (Å²) in [5, 5.41) is -1.09. The summed E-state index contributed by atoms with van der Waals surface area (Å²) in [6.45, 7) is 5.66. The highest BCUT2D eigenvalue weighted by molar-refractivity contribution is 7.25. The van der Waals surface area contributed by atoms with Crippen molar-refractivity contribution in [2.75, 3.05) is 0 Å². The van der Waals surface area contributed by atoms with Crippen LogP contribution in [0.2, 0.25) is 0 Å².